The van der Waals surface area contributed by atoms with Crippen LogP contribution in [0, 0.1) is 0 Å². The lowest BCUT2D eigenvalue weighted by molar-refractivity contribution is 0.390. The van der Waals surface area contributed by atoms with E-state index >= 15 is 0 Å². The zero-order chi connectivity index (χ0) is 10.8. The molecule has 7 heteroatoms. The number of nitrogens with two attached hydrogens (primary N) is 1. The molecular formula is C7H11N3O3S. The highest BCUT2D eigenvalue weighted by Gasteiger charge is 2.13. The minimum absolute atomic E-state index is 0.140. The van der Waals surface area contributed by atoms with Gasteiger partial charge in [-0.3, -0.25) is 0 Å². The van der Waals surface area contributed by atoms with Gasteiger partial charge in [-0.05, 0) is 0 Å². The maximum atomic E-state index is 11.1. The van der Waals surface area contributed by atoms with Gasteiger partial charge in [0.25, 0.3) is 0 Å². The Hall–Kier alpha value is -1.21. The molecule has 0 aliphatic heterocycles. The van der Waals surface area contributed by atoms with Crippen LogP contribution in [-0.4, -0.2) is 31.8 Å². The smallest absolute Gasteiger partial charge is 0.250 e. The van der Waals surface area contributed by atoms with Crippen LogP contribution >= 0.6 is 0 Å². The Balaban J connectivity index is 3.32. The van der Waals surface area contributed by atoms with Crippen molar-refractivity contribution in [3.8, 4) is 5.88 Å². The Morgan fingerprint density at radius 1 is 1.50 bits per heavy atom. The highest BCUT2D eigenvalue weighted by atomic mass is 32.2. The highest BCUT2D eigenvalue weighted by molar-refractivity contribution is 7.90. The molecule has 2 N–H and O–H groups in total. The Labute approximate surface area is 82.0 Å². The summed E-state index contributed by atoms with van der Waals surface area (Å²) in [6, 6.07) is 1.49. The van der Waals surface area contributed by atoms with Gasteiger partial charge in [0, 0.05) is 18.9 Å². The first-order chi connectivity index (χ1) is 6.47. The van der Waals surface area contributed by atoms with Crippen molar-refractivity contribution in [1.82, 2.24) is 9.97 Å². The molecule has 0 radical (unpaired) electrons. The number of hydrogen-bond acceptors (Lipinski definition) is 6. The maximum absolute atomic E-state index is 11.1. The minimum Gasteiger partial charge on any atom is -0.481 e. The van der Waals surface area contributed by atoms with E-state index in [1.54, 1.807) is 0 Å². The molecule has 6 nitrogen and oxygen atoms in total. The molecular weight excluding hydrogens is 206 g/mol. The standard InChI is InChI=1S/C7H11N3O3S/c1-13-6-3-5(4-8)9-7(10-6)14(2,11)12/h3H,4,8H2,1-2H3. The lowest BCUT2D eigenvalue weighted by atomic mass is 10.4. The van der Waals surface area contributed by atoms with Gasteiger partial charge in [-0.1, -0.05) is 0 Å². The summed E-state index contributed by atoms with van der Waals surface area (Å²) in [5.41, 5.74) is 5.77. The van der Waals surface area contributed by atoms with Crippen molar-refractivity contribution in [2.75, 3.05) is 13.4 Å². The van der Waals surface area contributed by atoms with Crippen molar-refractivity contribution in [1.29, 1.82) is 0 Å². The fraction of sp³-hybridized carbons (Fsp3) is 0.429. The molecule has 0 aliphatic rings. The number of nitrogens with zero attached hydrogens (tertiary/aromatic N) is 2. The number of aromatic nitrogens is 2. The van der Waals surface area contributed by atoms with Gasteiger partial charge in [0.15, 0.2) is 0 Å². The Morgan fingerprint density at radius 3 is 2.57 bits per heavy atom. The molecule has 1 aromatic heterocycles. The largest absolute Gasteiger partial charge is 0.481 e. The van der Waals surface area contributed by atoms with Crippen LogP contribution in [0.5, 0.6) is 5.88 Å². The first kappa shape index (κ1) is 10.9. The van der Waals surface area contributed by atoms with Crippen LogP contribution in [0.25, 0.3) is 0 Å². The zero-order valence-corrected chi connectivity index (χ0v) is 8.71. The molecule has 0 saturated carbocycles. The van der Waals surface area contributed by atoms with Crippen LogP contribution in [0.15, 0.2) is 11.2 Å². The molecule has 78 valence electrons. The molecule has 1 rings (SSSR count). The molecule has 1 heterocycles. The lowest BCUT2D eigenvalue weighted by Crippen LogP contribution is -2.09. The molecule has 0 fully saturated rings. The van der Waals surface area contributed by atoms with Crippen molar-refractivity contribution in [2.45, 2.75) is 11.7 Å². The summed E-state index contributed by atoms with van der Waals surface area (Å²) < 4.78 is 27.1. The molecule has 1 aromatic rings. The molecule has 0 unspecified atom stereocenters. The average Bonchev–Trinajstić information content (AvgIpc) is 2.15. The SMILES string of the molecule is COc1cc(CN)nc(S(C)(=O)=O)n1. The van der Waals surface area contributed by atoms with Crippen LogP contribution < -0.4 is 10.5 Å². The Kier molecular flexibility index (Phi) is 3.02. The Morgan fingerprint density at radius 2 is 2.14 bits per heavy atom. The molecule has 0 spiro atoms. The molecule has 14 heavy (non-hydrogen) atoms. The van der Waals surface area contributed by atoms with E-state index in [-0.39, 0.29) is 17.6 Å². The third-order valence-electron chi connectivity index (χ3n) is 1.49. The quantitative estimate of drug-likeness (QED) is 0.676. The lowest BCUT2D eigenvalue weighted by Gasteiger charge is -2.03. The van der Waals surface area contributed by atoms with Crippen LogP contribution in [0.1, 0.15) is 5.69 Å². The van der Waals surface area contributed by atoms with Crippen molar-refractivity contribution in [3.05, 3.63) is 11.8 Å². The third kappa shape index (κ3) is 2.39. The van der Waals surface area contributed by atoms with Crippen molar-refractivity contribution in [2.24, 2.45) is 5.73 Å². The second-order valence-corrected chi connectivity index (χ2v) is 4.57. The Bertz CT molecular complexity index is 408. The summed E-state index contributed by atoms with van der Waals surface area (Å²) >= 11 is 0. The van der Waals surface area contributed by atoms with Gasteiger partial charge in [-0.15, -0.1) is 0 Å². The van der Waals surface area contributed by atoms with Crippen LogP contribution in [0.4, 0.5) is 0 Å². The van der Waals surface area contributed by atoms with Crippen LogP contribution in [0.3, 0.4) is 0 Å². The van der Waals surface area contributed by atoms with E-state index in [1.807, 2.05) is 0 Å². The molecule has 0 amide bonds. The zero-order valence-electron chi connectivity index (χ0n) is 7.89. The monoisotopic (exact) mass is 217 g/mol. The predicted molar refractivity (Wildman–Crippen MR) is 49.6 cm³/mol. The summed E-state index contributed by atoms with van der Waals surface area (Å²) in [4.78, 5) is 7.46. The van der Waals surface area contributed by atoms with E-state index in [4.69, 9.17) is 10.5 Å². The summed E-state index contributed by atoms with van der Waals surface area (Å²) in [7, 11) is -2.03. The van der Waals surface area contributed by atoms with Gasteiger partial charge >= 0.3 is 0 Å². The van der Waals surface area contributed by atoms with Crippen LogP contribution in [-0.2, 0) is 16.4 Å². The van der Waals surface area contributed by atoms with E-state index < -0.39 is 9.84 Å². The second-order valence-electron chi connectivity index (χ2n) is 2.66. The molecule has 0 bridgehead atoms. The van der Waals surface area contributed by atoms with E-state index in [0.29, 0.717) is 5.69 Å². The number of sulfone groups is 1. The summed E-state index contributed by atoms with van der Waals surface area (Å²) in [6.45, 7) is 0.140. The van der Waals surface area contributed by atoms with Crippen molar-refractivity contribution >= 4 is 9.84 Å². The summed E-state index contributed by atoms with van der Waals surface area (Å²) in [5, 5.41) is -0.266. The topological polar surface area (TPSA) is 95.2 Å². The van der Waals surface area contributed by atoms with Crippen molar-refractivity contribution in [3.63, 3.8) is 0 Å². The first-order valence-corrected chi connectivity index (χ1v) is 5.68. The molecule has 0 saturated heterocycles. The maximum Gasteiger partial charge on any atom is 0.250 e. The normalized spacial score (nSPS) is 11.4. The van der Waals surface area contributed by atoms with Gasteiger partial charge in [-0.25, -0.2) is 13.4 Å². The summed E-state index contributed by atoms with van der Waals surface area (Å²) in [6.07, 6.45) is 1.03. The highest BCUT2D eigenvalue weighted by Crippen LogP contribution is 2.11. The number of rotatable bonds is 3. The fourth-order valence-electron chi connectivity index (χ4n) is 0.824. The molecule has 0 aliphatic carbocycles. The molecule has 0 aromatic carbocycles. The van der Waals surface area contributed by atoms with Gasteiger partial charge in [0.2, 0.25) is 20.9 Å². The van der Waals surface area contributed by atoms with Gasteiger partial charge in [0.05, 0.1) is 12.8 Å². The third-order valence-corrected chi connectivity index (χ3v) is 2.33. The van der Waals surface area contributed by atoms with E-state index in [2.05, 4.69) is 9.97 Å². The molecule has 0 atom stereocenters. The minimum atomic E-state index is -3.43. The number of ether oxygens (including phenoxy) is 1. The first-order valence-electron chi connectivity index (χ1n) is 3.79. The van der Waals surface area contributed by atoms with Gasteiger partial charge in [0.1, 0.15) is 0 Å². The van der Waals surface area contributed by atoms with E-state index in [9.17, 15) is 8.42 Å². The second kappa shape index (κ2) is 3.89. The summed E-state index contributed by atoms with van der Waals surface area (Å²) in [5.74, 6) is 0.195. The van der Waals surface area contributed by atoms with Crippen LogP contribution in [0.2, 0.25) is 0 Å². The number of methoxy groups -OCH3 is 1. The van der Waals surface area contributed by atoms with Crippen molar-refractivity contribution < 1.29 is 13.2 Å². The van der Waals surface area contributed by atoms with Gasteiger partial charge in [-0.2, -0.15) is 4.98 Å². The van der Waals surface area contributed by atoms with E-state index in [0.717, 1.165) is 6.26 Å². The van der Waals surface area contributed by atoms with Gasteiger partial charge < -0.3 is 10.5 Å². The van der Waals surface area contributed by atoms with E-state index in [1.165, 1.54) is 13.2 Å². The average molecular weight is 217 g/mol. The fourth-order valence-corrected chi connectivity index (χ4v) is 1.36. The predicted octanol–water partition coefficient (Wildman–Crippen LogP) is -0.653. The number of hydrogen-bond donors (Lipinski definition) is 1.